The van der Waals surface area contributed by atoms with Gasteiger partial charge in [-0.15, -0.1) is 0 Å². The molecule has 0 atom stereocenters. The number of nitrogens with one attached hydrogen (secondary N) is 1. The number of esters is 2. The van der Waals surface area contributed by atoms with Crippen LogP contribution in [0.3, 0.4) is 0 Å². The fraction of sp³-hybridized carbons (Fsp3) is 0.935. The van der Waals surface area contributed by atoms with Crippen LogP contribution >= 0.6 is 0 Å². The van der Waals surface area contributed by atoms with E-state index in [0.717, 1.165) is 116 Å². The third-order valence-corrected chi connectivity index (χ3v) is 10.6. The molecule has 0 unspecified atom stereocenters. The highest BCUT2D eigenvalue weighted by molar-refractivity contribution is 5.72. The van der Waals surface area contributed by atoms with E-state index in [1.165, 1.54) is 89.9 Å². The van der Waals surface area contributed by atoms with Gasteiger partial charge in [-0.05, 0) is 72.1 Å². The number of ether oxygens (including phenoxy) is 3. The fourth-order valence-corrected chi connectivity index (χ4v) is 6.94. The Kier molecular flexibility index (Phi) is 40.3. The molecule has 326 valence electrons. The predicted molar refractivity (Wildman–Crippen MR) is 231 cm³/mol. The Morgan fingerprint density at radius 1 is 0.473 bits per heavy atom. The average molecular weight is 782 g/mol. The molecule has 0 spiro atoms. The first-order valence-corrected chi connectivity index (χ1v) is 23.4. The molecule has 1 N–H and O–H groups in total. The zero-order valence-electron chi connectivity index (χ0n) is 37.1. The summed E-state index contributed by atoms with van der Waals surface area (Å²) in [6.45, 7) is 12.3. The van der Waals surface area contributed by atoms with Gasteiger partial charge >= 0.3 is 18.0 Å². The van der Waals surface area contributed by atoms with Crippen LogP contribution < -0.4 is 5.32 Å². The second-order valence-corrected chi connectivity index (χ2v) is 16.3. The summed E-state index contributed by atoms with van der Waals surface area (Å²) in [6, 6.07) is 0. The van der Waals surface area contributed by atoms with Crippen molar-refractivity contribution >= 4 is 18.0 Å². The summed E-state index contributed by atoms with van der Waals surface area (Å²) in [5.41, 5.74) is 0. The normalized spacial score (nSPS) is 11.5. The Hall–Kier alpha value is -1.87. The molecule has 0 heterocycles. The molecule has 0 saturated carbocycles. The topological polar surface area (TPSA) is 97.4 Å². The molecule has 0 bridgehead atoms. The van der Waals surface area contributed by atoms with Crippen molar-refractivity contribution in [2.45, 2.75) is 207 Å². The van der Waals surface area contributed by atoms with Crippen molar-refractivity contribution in [1.82, 2.24) is 15.1 Å². The lowest BCUT2D eigenvalue weighted by Crippen LogP contribution is -2.35. The standard InChI is InChI=1S/C46H91N3O6/c1-6-9-12-15-16-20-27-34-44(50)53-40-30-24-19-22-29-37-49(39-42-55-46(52)47-35-38-48(4)5)36-28-21-17-18-23-31-41-54-45(51)43(32-25-13-10-7-2)33-26-14-11-8-3/h43H,6-42H2,1-5H3,(H,47,52). The van der Waals surface area contributed by atoms with E-state index in [0.29, 0.717) is 32.8 Å². The fourth-order valence-electron chi connectivity index (χ4n) is 6.94. The number of carbonyl (C=O) groups excluding carboxylic acids is 3. The number of hydrogen-bond acceptors (Lipinski definition) is 8. The Balaban J connectivity index is 4.31. The maximum atomic E-state index is 12.9. The highest BCUT2D eigenvalue weighted by Gasteiger charge is 2.19. The van der Waals surface area contributed by atoms with Crippen LogP contribution in [0, 0.1) is 5.92 Å². The van der Waals surface area contributed by atoms with E-state index in [1.807, 2.05) is 19.0 Å². The minimum absolute atomic E-state index is 0.0383. The quantitative estimate of drug-likeness (QED) is 0.0371. The first kappa shape index (κ1) is 53.1. The van der Waals surface area contributed by atoms with Gasteiger partial charge in [-0.2, -0.15) is 0 Å². The number of hydrogen-bond donors (Lipinski definition) is 1. The Labute approximate surface area is 340 Å². The summed E-state index contributed by atoms with van der Waals surface area (Å²) in [6.07, 6.45) is 32.5. The van der Waals surface area contributed by atoms with E-state index in [-0.39, 0.29) is 23.9 Å². The molecular formula is C46H91N3O6. The van der Waals surface area contributed by atoms with E-state index >= 15 is 0 Å². The molecule has 1 amide bonds. The van der Waals surface area contributed by atoms with Crippen LogP contribution in [-0.4, -0.2) is 94.5 Å². The van der Waals surface area contributed by atoms with Crippen molar-refractivity contribution in [3.05, 3.63) is 0 Å². The number of amides is 1. The molecular weight excluding hydrogens is 691 g/mol. The molecule has 0 aromatic heterocycles. The van der Waals surface area contributed by atoms with Crippen LogP contribution in [0.25, 0.3) is 0 Å². The summed E-state index contributed by atoms with van der Waals surface area (Å²) in [5, 5.41) is 2.83. The van der Waals surface area contributed by atoms with Crippen molar-refractivity contribution in [3.8, 4) is 0 Å². The van der Waals surface area contributed by atoms with Gasteiger partial charge in [-0.3, -0.25) is 14.5 Å². The van der Waals surface area contributed by atoms with Crippen LogP contribution in [0.15, 0.2) is 0 Å². The van der Waals surface area contributed by atoms with Crippen molar-refractivity contribution in [2.24, 2.45) is 5.92 Å². The zero-order chi connectivity index (χ0) is 40.5. The molecule has 0 saturated heterocycles. The van der Waals surface area contributed by atoms with Gasteiger partial charge in [0, 0.05) is 26.1 Å². The second kappa shape index (κ2) is 41.8. The van der Waals surface area contributed by atoms with E-state index in [9.17, 15) is 14.4 Å². The Morgan fingerprint density at radius 2 is 0.927 bits per heavy atom. The maximum absolute atomic E-state index is 12.9. The lowest BCUT2D eigenvalue weighted by atomic mass is 9.94. The first-order valence-electron chi connectivity index (χ1n) is 23.4. The van der Waals surface area contributed by atoms with E-state index in [2.05, 4.69) is 31.0 Å². The molecule has 9 nitrogen and oxygen atoms in total. The van der Waals surface area contributed by atoms with Crippen LogP contribution in [0.1, 0.15) is 207 Å². The number of rotatable bonds is 42. The highest BCUT2D eigenvalue weighted by Crippen LogP contribution is 2.20. The molecule has 0 aliphatic heterocycles. The number of nitrogens with zero attached hydrogens (tertiary/aromatic N) is 2. The molecule has 0 aliphatic carbocycles. The highest BCUT2D eigenvalue weighted by atomic mass is 16.5. The summed E-state index contributed by atoms with van der Waals surface area (Å²) in [5.74, 6) is 0.0850. The van der Waals surface area contributed by atoms with Gasteiger partial charge in [0.25, 0.3) is 0 Å². The predicted octanol–water partition coefficient (Wildman–Crippen LogP) is 11.7. The smallest absolute Gasteiger partial charge is 0.407 e. The molecule has 0 aromatic carbocycles. The Bertz CT molecular complexity index is 846. The third kappa shape index (κ3) is 38.8. The summed E-state index contributed by atoms with van der Waals surface area (Å²) in [7, 11) is 3.97. The largest absolute Gasteiger partial charge is 0.466 e. The molecule has 0 aliphatic rings. The molecule has 0 fully saturated rings. The average Bonchev–Trinajstić information content (AvgIpc) is 3.16. The van der Waals surface area contributed by atoms with Crippen LogP contribution in [0.2, 0.25) is 0 Å². The summed E-state index contributed by atoms with van der Waals surface area (Å²) in [4.78, 5) is 41.5. The lowest BCUT2D eigenvalue weighted by molar-refractivity contribution is -0.149. The van der Waals surface area contributed by atoms with Gasteiger partial charge in [0.2, 0.25) is 0 Å². The third-order valence-electron chi connectivity index (χ3n) is 10.6. The SMILES string of the molecule is CCCCCCCCCC(=O)OCCCCCCCN(CCCCCCCCOC(=O)C(CCCCCC)CCCCCC)CCOC(=O)NCCN(C)C. The van der Waals surface area contributed by atoms with Crippen molar-refractivity contribution in [2.75, 3.05) is 66.6 Å². The van der Waals surface area contributed by atoms with E-state index < -0.39 is 0 Å². The minimum atomic E-state index is -0.343. The lowest BCUT2D eigenvalue weighted by Gasteiger charge is -2.22. The number of carbonyl (C=O) groups is 3. The molecule has 0 rings (SSSR count). The van der Waals surface area contributed by atoms with E-state index in [4.69, 9.17) is 14.2 Å². The van der Waals surface area contributed by atoms with Gasteiger partial charge in [-0.1, -0.05) is 156 Å². The number of unbranched alkanes of at least 4 members (excludes halogenated alkanes) is 21. The molecule has 9 heteroatoms. The molecule has 0 aromatic rings. The monoisotopic (exact) mass is 782 g/mol. The zero-order valence-corrected chi connectivity index (χ0v) is 37.1. The number of likely N-dealkylation sites (N-methyl/N-ethyl adjacent to an activating group) is 1. The molecule has 55 heavy (non-hydrogen) atoms. The second-order valence-electron chi connectivity index (χ2n) is 16.3. The van der Waals surface area contributed by atoms with Crippen molar-refractivity contribution in [1.29, 1.82) is 0 Å². The van der Waals surface area contributed by atoms with E-state index in [1.54, 1.807) is 0 Å². The van der Waals surface area contributed by atoms with Gasteiger partial charge < -0.3 is 24.4 Å². The van der Waals surface area contributed by atoms with Crippen molar-refractivity contribution < 1.29 is 28.6 Å². The van der Waals surface area contributed by atoms with Gasteiger partial charge in [0.05, 0.1) is 19.1 Å². The van der Waals surface area contributed by atoms with Crippen molar-refractivity contribution in [3.63, 3.8) is 0 Å². The number of alkyl carbamates (subject to hydrolysis) is 1. The summed E-state index contributed by atoms with van der Waals surface area (Å²) >= 11 is 0. The molecule has 0 radical (unpaired) electrons. The summed E-state index contributed by atoms with van der Waals surface area (Å²) < 4.78 is 16.7. The van der Waals surface area contributed by atoms with Crippen LogP contribution in [0.5, 0.6) is 0 Å². The Morgan fingerprint density at radius 3 is 1.45 bits per heavy atom. The van der Waals surface area contributed by atoms with Gasteiger partial charge in [0.15, 0.2) is 0 Å². The maximum Gasteiger partial charge on any atom is 0.407 e. The first-order chi connectivity index (χ1) is 26.8. The minimum Gasteiger partial charge on any atom is -0.466 e. The van der Waals surface area contributed by atoms with Gasteiger partial charge in [0.1, 0.15) is 6.61 Å². The van der Waals surface area contributed by atoms with Gasteiger partial charge in [-0.25, -0.2) is 4.79 Å². The van der Waals surface area contributed by atoms with Crippen LogP contribution in [0.4, 0.5) is 4.79 Å². The van der Waals surface area contributed by atoms with Crippen LogP contribution in [-0.2, 0) is 23.8 Å².